The van der Waals surface area contributed by atoms with Crippen LogP contribution >= 0.6 is 0 Å². The second kappa shape index (κ2) is 8.04. The summed E-state index contributed by atoms with van der Waals surface area (Å²) in [6.07, 6.45) is 3.25. The van der Waals surface area contributed by atoms with Gasteiger partial charge in [0.2, 0.25) is 0 Å². The van der Waals surface area contributed by atoms with Crippen LogP contribution in [0.2, 0.25) is 0 Å². The van der Waals surface area contributed by atoms with E-state index in [1.54, 1.807) is 24.5 Å². The van der Waals surface area contributed by atoms with E-state index in [-0.39, 0.29) is 0 Å². The van der Waals surface area contributed by atoms with Crippen LogP contribution in [0.15, 0.2) is 79.1 Å². The molecule has 0 spiro atoms. The number of anilines is 1. The van der Waals surface area contributed by atoms with E-state index in [9.17, 15) is 0 Å². The van der Waals surface area contributed by atoms with E-state index in [0.717, 1.165) is 17.1 Å². The molecule has 0 atom stereocenters. The molecule has 0 saturated carbocycles. The van der Waals surface area contributed by atoms with Gasteiger partial charge >= 0.3 is 0 Å². The minimum Gasteiger partial charge on any atom is -0.457 e. The van der Waals surface area contributed by atoms with Gasteiger partial charge in [-0.3, -0.25) is 0 Å². The number of nitrogens with zero attached hydrogens (tertiary/aromatic N) is 2. The Hall–Kier alpha value is -3.51. The molecule has 6 N–H and O–H groups in total. The molecule has 3 aromatic rings. The highest BCUT2D eigenvalue weighted by Gasteiger charge is 2.05. The average molecular weight is 347 g/mol. The lowest BCUT2D eigenvalue weighted by atomic mass is 10.2. The molecule has 26 heavy (non-hydrogen) atoms. The molecule has 0 aliphatic carbocycles. The van der Waals surface area contributed by atoms with Crippen molar-refractivity contribution in [1.82, 2.24) is 9.99 Å². The summed E-state index contributed by atoms with van der Waals surface area (Å²) in [6, 6.07) is 20.9. The number of pyridine rings is 1. The lowest BCUT2D eigenvalue weighted by Gasteiger charge is -2.16. The van der Waals surface area contributed by atoms with Crippen LogP contribution < -0.4 is 22.0 Å². The maximum atomic E-state index is 6.08. The fraction of sp³-hybridized carbons (Fsp3) is 0.0500. The second-order valence-electron chi connectivity index (χ2n) is 5.76. The van der Waals surface area contributed by atoms with Gasteiger partial charge in [-0.1, -0.05) is 30.3 Å². The van der Waals surface area contributed by atoms with Gasteiger partial charge in [0, 0.05) is 18.0 Å². The van der Waals surface area contributed by atoms with Crippen molar-refractivity contribution in [3.63, 3.8) is 0 Å². The molecule has 0 saturated heterocycles. The summed E-state index contributed by atoms with van der Waals surface area (Å²) < 4.78 is 5.84. The van der Waals surface area contributed by atoms with Gasteiger partial charge in [0.05, 0.1) is 12.2 Å². The van der Waals surface area contributed by atoms with Crippen molar-refractivity contribution in [1.29, 1.82) is 0 Å². The summed E-state index contributed by atoms with van der Waals surface area (Å²) in [5, 5.41) is 1.50. The smallest absolute Gasteiger partial charge is 0.132 e. The zero-order valence-corrected chi connectivity index (χ0v) is 14.2. The molecule has 6 heteroatoms. The number of rotatable bonds is 6. The zero-order valence-electron chi connectivity index (χ0n) is 14.2. The molecular weight excluding hydrogens is 326 g/mol. The molecule has 0 radical (unpaired) electrons. The number of hydrogen-bond acceptors (Lipinski definition) is 6. The predicted molar refractivity (Wildman–Crippen MR) is 104 cm³/mol. The van der Waals surface area contributed by atoms with Crippen molar-refractivity contribution in [3.05, 3.63) is 90.3 Å². The van der Waals surface area contributed by atoms with Crippen molar-refractivity contribution < 1.29 is 4.74 Å². The molecule has 0 fully saturated rings. The Morgan fingerprint density at radius 2 is 1.77 bits per heavy atom. The van der Waals surface area contributed by atoms with Gasteiger partial charge in [0.1, 0.15) is 17.3 Å². The monoisotopic (exact) mass is 347 g/mol. The minimum absolute atomic E-state index is 0.368. The van der Waals surface area contributed by atoms with Crippen molar-refractivity contribution in [3.8, 4) is 11.5 Å². The van der Waals surface area contributed by atoms with Crippen LogP contribution in [0.1, 0.15) is 11.1 Å². The first kappa shape index (κ1) is 17.3. The Bertz CT molecular complexity index is 895. The molecule has 2 aromatic carbocycles. The van der Waals surface area contributed by atoms with Crippen molar-refractivity contribution in [2.45, 2.75) is 6.54 Å². The molecular formula is C20H21N5O. The first-order chi connectivity index (χ1) is 12.6. The summed E-state index contributed by atoms with van der Waals surface area (Å²) in [4.78, 5) is 4.02. The summed E-state index contributed by atoms with van der Waals surface area (Å²) in [7, 11) is 0. The summed E-state index contributed by atoms with van der Waals surface area (Å²) in [6.45, 7) is 0.465. The standard InChI is InChI=1S/C20H21N5O/c21-19(18-10-5-11-24-20(18)22)14-25(23)13-15-6-4-9-17(12-15)26-16-7-2-1-3-8-16/h1-12,14H,13,21,23H2,(H2,22,24)/b19-14-. The largest absolute Gasteiger partial charge is 0.457 e. The zero-order chi connectivity index (χ0) is 18.4. The number of benzene rings is 2. The molecule has 0 aliphatic rings. The topological polar surface area (TPSA) is 103 Å². The van der Waals surface area contributed by atoms with Gasteiger partial charge < -0.3 is 21.2 Å². The number of para-hydroxylation sites is 1. The van der Waals surface area contributed by atoms with Crippen molar-refractivity contribution in [2.24, 2.45) is 11.6 Å². The summed E-state index contributed by atoms with van der Waals surface area (Å²) >= 11 is 0. The third-order valence-electron chi connectivity index (χ3n) is 3.70. The van der Waals surface area contributed by atoms with Gasteiger partial charge in [-0.2, -0.15) is 0 Å². The van der Waals surface area contributed by atoms with E-state index in [1.807, 2.05) is 54.6 Å². The second-order valence-corrected chi connectivity index (χ2v) is 5.76. The van der Waals surface area contributed by atoms with Crippen LogP contribution in [0, 0.1) is 0 Å². The number of hydrogen-bond donors (Lipinski definition) is 3. The van der Waals surface area contributed by atoms with Gasteiger partial charge in [-0.15, -0.1) is 0 Å². The quantitative estimate of drug-likeness (QED) is 0.468. The van der Waals surface area contributed by atoms with Crippen LogP contribution in [0.3, 0.4) is 0 Å². The fourth-order valence-electron chi connectivity index (χ4n) is 2.50. The van der Waals surface area contributed by atoms with Crippen LogP contribution in [0.4, 0.5) is 5.82 Å². The van der Waals surface area contributed by atoms with E-state index in [0.29, 0.717) is 23.6 Å². The van der Waals surface area contributed by atoms with Crippen LogP contribution in [-0.4, -0.2) is 9.99 Å². The molecule has 0 amide bonds. The molecule has 6 nitrogen and oxygen atoms in total. The first-order valence-electron chi connectivity index (χ1n) is 8.13. The fourth-order valence-corrected chi connectivity index (χ4v) is 2.50. The van der Waals surface area contributed by atoms with E-state index >= 15 is 0 Å². The van der Waals surface area contributed by atoms with Gasteiger partial charge in [0.25, 0.3) is 0 Å². The molecule has 3 rings (SSSR count). The Labute approximate surface area is 152 Å². The minimum atomic E-state index is 0.368. The predicted octanol–water partition coefficient (Wildman–Crippen LogP) is 3.09. The Kier molecular flexibility index (Phi) is 5.36. The van der Waals surface area contributed by atoms with E-state index in [1.165, 1.54) is 5.01 Å². The molecule has 132 valence electrons. The van der Waals surface area contributed by atoms with E-state index in [4.69, 9.17) is 22.0 Å². The highest BCUT2D eigenvalue weighted by atomic mass is 16.5. The first-order valence-corrected chi connectivity index (χ1v) is 8.13. The Balaban J connectivity index is 1.69. The molecule has 0 bridgehead atoms. The maximum absolute atomic E-state index is 6.08. The lowest BCUT2D eigenvalue weighted by molar-refractivity contribution is 0.386. The van der Waals surface area contributed by atoms with Gasteiger partial charge in [-0.25, -0.2) is 10.8 Å². The highest BCUT2D eigenvalue weighted by Crippen LogP contribution is 2.22. The number of ether oxygens (including phenoxy) is 1. The molecule has 0 aliphatic heterocycles. The van der Waals surface area contributed by atoms with Crippen LogP contribution in [0.5, 0.6) is 11.5 Å². The SMILES string of the molecule is N/C(=C\N(N)Cc1cccc(Oc2ccccc2)c1)c1cccnc1N. The molecule has 0 unspecified atom stereocenters. The summed E-state index contributed by atoms with van der Waals surface area (Å²) in [5.41, 5.74) is 14.0. The van der Waals surface area contributed by atoms with E-state index < -0.39 is 0 Å². The average Bonchev–Trinajstić information content (AvgIpc) is 2.63. The third-order valence-corrected chi connectivity index (χ3v) is 3.70. The Morgan fingerprint density at radius 1 is 1.00 bits per heavy atom. The lowest BCUT2D eigenvalue weighted by Crippen LogP contribution is -2.25. The van der Waals surface area contributed by atoms with Crippen molar-refractivity contribution >= 4 is 11.5 Å². The van der Waals surface area contributed by atoms with E-state index in [2.05, 4.69) is 4.98 Å². The highest BCUT2D eigenvalue weighted by molar-refractivity contribution is 5.70. The maximum Gasteiger partial charge on any atom is 0.132 e. The third kappa shape index (κ3) is 4.52. The Morgan fingerprint density at radius 3 is 2.54 bits per heavy atom. The number of nitrogens with two attached hydrogens (primary N) is 3. The van der Waals surface area contributed by atoms with Gasteiger partial charge in [0.15, 0.2) is 0 Å². The van der Waals surface area contributed by atoms with Crippen LogP contribution in [0.25, 0.3) is 5.70 Å². The normalized spacial score (nSPS) is 11.2. The van der Waals surface area contributed by atoms with Gasteiger partial charge in [-0.05, 0) is 42.0 Å². The number of hydrazine groups is 1. The number of aromatic nitrogens is 1. The molecule has 1 aromatic heterocycles. The van der Waals surface area contributed by atoms with Crippen LogP contribution in [-0.2, 0) is 6.54 Å². The molecule has 1 heterocycles. The van der Waals surface area contributed by atoms with Crippen molar-refractivity contribution in [2.75, 3.05) is 5.73 Å². The number of nitrogen functional groups attached to an aromatic ring is 1. The summed E-state index contributed by atoms with van der Waals surface area (Å²) in [5.74, 6) is 7.97.